The van der Waals surface area contributed by atoms with Crippen molar-refractivity contribution in [2.24, 2.45) is 5.73 Å². The molecule has 0 aliphatic carbocycles. The zero-order valence-corrected chi connectivity index (χ0v) is 12.6. The van der Waals surface area contributed by atoms with Crippen LogP contribution in [0.5, 0.6) is 5.75 Å². The summed E-state index contributed by atoms with van der Waals surface area (Å²) in [5, 5.41) is 4.49. The molecular formula is C15H19N3OS. The van der Waals surface area contributed by atoms with Crippen molar-refractivity contribution in [3.8, 4) is 5.75 Å². The zero-order chi connectivity index (χ0) is 14.5. The maximum absolute atomic E-state index is 5.69. The van der Waals surface area contributed by atoms with Gasteiger partial charge in [0.15, 0.2) is 0 Å². The van der Waals surface area contributed by atoms with Gasteiger partial charge in [0.05, 0.1) is 5.69 Å². The van der Waals surface area contributed by atoms with Crippen molar-refractivity contribution in [1.82, 2.24) is 9.78 Å². The maximum Gasteiger partial charge on any atom is 0.132 e. The Labute approximate surface area is 124 Å². The molecule has 2 N–H and O–H groups in total. The molecule has 2 aromatic rings. The first-order valence-corrected chi connectivity index (χ1v) is 7.07. The summed E-state index contributed by atoms with van der Waals surface area (Å²) in [4.78, 5) is 0.392. The Morgan fingerprint density at radius 2 is 2.05 bits per heavy atom. The van der Waals surface area contributed by atoms with Gasteiger partial charge in [-0.2, -0.15) is 5.10 Å². The van der Waals surface area contributed by atoms with Crippen LogP contribution in [0, 0.1) is 0 Å². The number of thiocarbonyl (C=S) groups is 1. The molecule has 20 heavy (non-hydrogen) atoms. The molecular weight excluding hydrogens is 270 g/mol. The van der Waals surface area contributed by atoms with Crippen molar-refractivity contribution in [2.75, 3.05) is 0 Å². The van der Waals surface area contributed by atoms with E-state index in [1.807, 2.05) is 41.2 Å². The van der Waals surface area contributed by atoms with Gasteiger partial charge in [0.2, 0.25) is 0 Å². The minimum absolute atomic E-state index is 0.392. The largest absolute Gasteiger partial charge is 0.487 e. The average molecular weight is 289 g/mol. The van der Waals surface area contributed by atoms with E-state index in [4.69, 9.17) is 22.7 Å². The van der Waals surface area contributed by atoms with Crippen LogP contribution in [0.25, 0.3) is 0 Å². The van der Waals surface area contributed by atoms with Crippen LogP contribution in [0.2, 0.25) is 0 Å². The van der Waals surface area contributed by atoms with Gasteiger partial charge in [-0.1, -0.05) is 19.1 Å². The topological polar surface area (TPSA) is 53.1 Å². The molecule has 1 heterocycles. The number of rotatable bonds is 6. The standard InChI is InChI=1S/C15H19N3OS/c1-3-11(2)18-9-8-13(17-18)10-19-14-6-4-12(5-7-14)15(16)20/h4-9,11H,3,10H2,1-2H3,(H2,16,20). The van der Waals surface area contributed by atoms with E-state index in [2.05, 4.69) is 18.9 Å². The minimum atomic E-state index is 0.392. The zero-order valence-electron chi connectivity index (χ0n) is 11.7. The van der Waals surface area contributed by atoms with Crippen molar-refractivity contribution in [1.29, 1.82) is 0 Å². The highest BCUT2D eigenvalue weighted by Gasteiger charge is 2.05. The molecule has 2 rings (SSSR count). The lowest BCUT2D eigenvalue weighted by atomic mass is 10.2. The number of nitrogens with two attached hydrogens (primary N) is 1. The predicted octanol–water partition coefficient (Wildman–Crippen LogP) is 3.07. The van der Waals surface area contributed by atoms with Gasteiger partial charge in [-0.05, 0) is 43.7 Å². The number of nitrogens with zero attached hydrogens (tertiary/aromatic N) is 2. The van der Waals surface area contributed by atoms with Gasteiger partial charge in [-0.15, -0.1) is 0 Å². The van der Waals surface area contributed by atoms with Crippen LogP contribution < -0.4 is 10.5 Å². The predicted molar refractivity (Wildman–Crippen MR) is 83.9 cm³/mol. The summed E-state index contributed by atoms with van der Waals surface area (Å²) in [5.41, 5.74) is 7.31. The lowest BCUT2D eigenvalue weighted by molar-refractivity contribution is 0.298. The first kappa shape index (κ1) is 14.5. The van der Waals surface area contributed by atoms with Crippen molar-refractivity contribution in [3.05, 3.63) is 47.8 Å². The summed E-state index contributed by atoms with van der Waals surface area (Å²) >= 11 is 4.91. The number of aromatic nitrogens is 2. The fourth-order valence-corrected chi connectivity index (χ4v) is 1.90. The summed E-state index contributed by atoms with van der Waals surface area (Å²) in [6.07, 6.45) is 3.05. The van der Waals surface area contributed by atoms with E-state index in [9.17, 15) is 0 Å². The molecule has 4 nitrogen and oxygen atoms in total. The molecule has 0 bridgehead atoms. The molecule has 0 fully saturated rings. The average Bonchev–Trinajstić information content (AvgIpc) is 2.93. The first-order chi connectivity index (χ1) is 9.60. The van der Waals surface area contributed by atoms with E-state index in [0.717, 1.165) is 23.4 Å². The summed E-state index contributed by atoms with van der Waals surface area (Å²) < 4.78 is 7.66. The number of hydrogen-bond acceptors (Lipinski definition) is 3. The minimum Gasteiger partial charge on any atom is -0.487 e. The number of ether oxygens (including phenoxy) is 1. The van der Waals surface area contributed by atoms with Crippen LogP contribution in [0.15, 0.2) is 36.5 Å². The normalized spacial score (nSPS) is 12.1. The third-order valence-electron chi connectivity index (χ3n) is 3.23. The third-order valence-corrected chi connectivity index (χ3v) is 3.47. The van der Waals surface area contributed by atoms with Crippen molar-refractivity contribution in [2.45, 2.75) is 32.9 Å². The van der Waals surface area contributed by atoms with E-state index in [1.54, 1.807) is 0 Å². The Bertz CT molecular complexity index is 577. The van der Waals surface area contributed by atoms with Gasteiger partial charge >= 0.3 is 0 Å². The molecule has 5 heteroatoms. The Balaban J connectivity index is 1.94. The van der Waals surface area contributed by atoms with Gasteiger partial charge in [0.1, 0.15) is 17.3 Å². The molecule has 1 unspecified atom stereocenters. The van der Waals surface area contributed by atoms with Crippen LogP contribution in [0.3, 0.4) is 0 Å². The van der Waals surface area contributed by atoms with E-state index < -0.39 is 0 Å². The quantitative estimate of drug-likeness (QED) is 0.830. The maximum atomic E-state index is 5.69. The summed E-state index contributed by atoms with van der Waals surface area (Å²) in [7, 11) is 0. The molecule has 1 aromatic carbocycles. The van der Waals surface area contributed by atoms with E-state index in [1.165, 1.54) is 0 Å². The van der Waals surface area contributed by atoms with Crippen molar-refractivity contribution < 1.29 is 4.74 Å². The molecule has 0 aliphatic heterocycles. The van der Waals surface area contributed by atoms with Crippen LogP contribution in [0.4, 0.5) is 0 Å². The van der Waals surface area contributed by atoms with Crippen LogP contribution in [-0.2, 0) is 6.61 Å². The van der Waals surface area contributed by atoms with Crippen LogP contribution in [-0.4, -0.2) is 14.8 Å². The summed E-state index contributed by atoms with van der Waals surface area (Å²) in [5.74, 6) is 0.781. The fourth-order valence-electron chi connectivity index (χ4n) is 1.76. The van der Waals surface area contributed by atoms with E-state index in [-0.39, 0.29) is 0 Å². The molecule has 0 spiro atoms. The number of hydrogen-bond donors (Lipinski definition) is 1. The highest BCUT2D eigenvalue weighted by atomic mass is 32.1. The summed E-state index contributed by atoms with van der Waals surface area (Å²) in [6.45, 7) is 4.74. The molecule has 0 saturated carbocycles. The van der Waals surface area contributed by atoms with E-state index in [0.29, 0.717) is 17.6 Å². The molecule has 1 atom stereocenters. The third kappa shape index (κ3) is 3.57. The molecule has 106 valence electrons. The Morgan fingerprint density at radius 3 is 2.65 bits per heavy atom. The summed E-state index contributed by atoms with van der Waals surface area (Å²) in [6, 6.07) is 9.83. The Kier molecular flexibility index (Phi) is 4.74. The van der Waals surface area contributed by atoms with Gasteiger partial charge in [0, 0.05) is 17.8 Å². The smallest absolute Gasteiger partial charge is 0.132 e. The molecule has 0 radical (unpaired) electrons. The highest BCUT2D eigenvalue weighted by Crippen LogP contribution is 2.15. The van der Waals surface area contributed by atoms with Gasteiger partial charge in [-0.25, -0.2) is 0 Å². The second-order valence-corrected chi connectivity index (χ2v) is 5.16. The van der Waals surface area contributed by atoms with Crippen LogP contribution in [0.1, 0.15) is 37.6 Å². The lowest BCUT2D eigenvalue weighted by Gasteiger charge is -2.08. The van der Waals surface area contributed by atoms with Crippen molar-refractivity contribution >= 4 is 17.2 Å². The lowest BCUT2D eigenvalue weighted by Crippen LogP contribution is -2.09. The Hall–Kier alpha value is -1.88. The molecule has 0 saturated heterocycles. The monoisotopic (exact) mass is 289 g/mol. The molecule has 1 aromatic heterocycles. The highest BCUT2D eigenvalue weighted by molar-refractivity contribution is 7.80. The SMILES string of the molecule is CCC(C)n1ccc(COc2ccc(C(N)=S)cc2)n1. The Morgan fingerprint density at radius 1 is 1.35 bits per heavy atom. The van der Waals surface area contributed by atoms with E-state index >= 15 is 0 Å². The fraction of sp³-hybridized carbons (Fsp3) is 0.333. The second-order valence-electron chi connectivity index (χ2n) is 4.72. The first-order valence-electron chi connectivity index (χ1n) is 6.67. The second kappa shape index (κ2) is 6.52. The van der Waals surface area contributed by atoms with Crippen LogP contribution >= 0.6 is 12.2 Å². The van der Waals surface area contributed by atoms with Gasteiger partial charge < -0.3 is 10.5 Å². The molecule has 0 amide bonds. The van der Waals surface area contributed by atoms with Gasteiger partial charge in [0.25, 0.3) is 0 Å². The molecule has 0 aliphatic rings. The number of benzene rings is 1. The van der Waals surface area contributed by atoms with Gasteiger partial charge in [-0.3, -0.25) is 4.68 Å². The van der Waals surface area contributed by atoms with Crippen molar-refractivity contribution in [3.63, 3.8) is 0 Å².